The van der Waals surface area contributed by atoms with E-state index in [1.807, 2.05) is 0 Å². The van der Waals surface area contributed by atoms with Crippen molar-refractivity contribution >= 4 is 27.5 Å². The standard InChI is InChI=1S/C25H33N3O7S/c1-33-15-5-12-26-25(30)21-6-3-4-7-22(21)27-24(29)11-8-19-18-20(9-10-23(19)34-2)36(31,32)28-13-16-35-17-14-28/h3-4,6-7,9-10,18H,5,8,11-17H2,1-2H3,(H,26,30)(H,27,29). The van der Waals surface area contributed by atoms with Gasteiger partial charge in [-0.2, -0.15) is 4.31 Å². The normalized spacial score (nSPS) is 14.3. The highest BCUT2D eigenvalue weighted by Crippen LogP contribution is 2.26. The average molecular weight is 520 g/mol. The molecule has 0 saturated carbocycles. The molecule has 2 amide bonds. The summed E-state index contributed by atoms with van der Waals surface area (Å²) < 4.78 is 43.1. The minimum absolute atomic E-state index is 0.0706. The summed E-state index contributed by atoms with van der Waals surface area (Å²) in [6, 6.07) is 11.4. The van der Waals surface area contributed by atoms with E-state index in [4.69, 9.17) is 14.2 Å². The number of hydrogen-bond donors (Lipinski definition) is 2. The number of ether oxygens (including phenoxy) is 3. The number of morpholine rings is 1. The Balaban J connectivity index is 1.67. The van der Waals surface area contributed by atoms with Crippen LogP contribution in [0.4, 0.5) is 5.69 Å². The molecule has 1 saturated heterocycles. The van der Waals surface area contributed by atoms with Crippen molar-refractivity contribution in [3.8, 4) is 5.75 Å². The van der Waals surface area contributed by atoms with Crippen molar-refractivity contribution in [1.29, 1.82) is 0 Å². The van der Waals surface area contributed by atoms with Gasteiger partial charge in [0, 0.05) is 39.8 Å². The molecule has 11 heteroatoms. The van der Waals surface area contributed by atoms with E-state index >= 15 is 0 Å². The Morgan fingerprint density at radius 3 is 2.56 bits per heavy atom. The zero-order valence-electron chi connectivity index (χ0n) is 20.6. The third kappa shape index (κ3) is 7.26. The summed E-state index contributed by atoms with van der Waals surface area (Å²) in [5, 5.41) is 5.60. The first-order chi connectivity index (χ1) is 17.4. The van der Waals surface area contributed by atoms with Gasteiger partial charge in [-0.25, -0.2) is 8.42 Å². The summed E-state index contributed by atoms with van der Waals surface area (Å²) in [6.45, 7) is 2.30. The van der Waals surface area contributed by atoms with Crippen LogP contribution < -0.4 is 15.4 Å². The van der Waals surface area contributed by atoms with Crippen LogP contribution in [0, 0.1) is 0 Å². The monoisotopic (exact) mass is 519 g/mol. The van der Waals surface area contributed by atoms with Crippen LogP contribution in [0.3, 0.4) is 0 Å². The Kier molecular flexibility index (Phi) is 10.2. The summed E-state index contributed by atoms with van der Waals surface area (Å²) in [7, 11) is -0.583. The molecule has 196 valence electrons. The number of rotatable bonds is 12. The van der Waals surface area contributed by atoms with E-state index in [-0.39, 0.29) is 29.6 Å². The number of benzene rings is 2. The number of aryl methyl sites for hydroxylation is 1. The van der Waals surface area contributed by atoms with Crippen LogP contribution in [0.2, 0.25) is 0 Å². The number of para-hydroxylation sites is 1. The first-order valence-electron chi connectivity index (χ1n) is 11.8. The maximum absolute atomic E-state index is 13.0. The van der Waals surface area contributed by atoms with Crippen molar-refractivity contribution < 1.29 is 32.2 Å². The first kappa shape index (κ1) is 27.6. The third-order valence-corrected chi connectivity index (χ3v) is 7.63. The Labute approximate surface area is 212 Å². The first-order valence-corrected chi connectivity index (χ1v) is 13.2. The highest BCUT2D eigenvalue weighted by Gasteiger charge is 2.27. The highest BCUT2D eigenvalue weighted by atomic mass is 32.2. The second-order valence-electron chi connectivity index (χ2n) is 8.19. The Morgan fingerprint density at radius 2 is 1.83 bits per heavy atom. The molecule has 1 aliphatic rings. The SMILES string of the molecule is COCCCNC(=O)c1ccccc1NC(=O)CCc1cc(S(=O)(=O)N2CCOCC2)ccc1OC. The molecule has 3 rings (SSSR count). The third-order valence-electron chi connectivity index (χ3n) is 5.74. The minimum Gasteiger partial charge on any atom is -0.496 e. The van der Waals surface area contributed by atoms with Gasteiger partial charge in [0.15, 0.2) is 0 Å². The molecule has 1 aliphatic heterocycles. The lowest BCUT2D eigenvalue weighted by molar-refractivity contribution is -0.116. The maximum Gasteiger partial charge on any atom is 0.253 e. The number of anilines is 1. The van der Waals surface area contributed by atoms with Crippen molar-refractivity contribution in [1.82, 2.24) is 9.62 Å². The molecule has 2 N–H and O–H groups in total. The van der Waals surface area contributed by atoms with Crippen molar-refractivity contribution in [3.63, 3.8) is 0 Å². The molecule has 10 nitrogen and oxygen atoms in total. The van der Waals surface area contributed by atoms with Crippen LogP contribution >= 0.6 is 0 Å². The Bertz CT molecular complexity index is 1150. The van der Waals surface area contributed by atoms with Crippen molar-refractivity contribution in [2.75, 3.05) is 59.0 Å². The average Bonchev–Trinajstić information content (AvgIpc) is 2.90. The van der Waals surface area contributed by atoms with E-state index in [0.29, 0.717) is 68.4 Å². The number of nitrogens with zero attached hydrogens (tertiary/aromatic N) is 1. The highest BCUT2D eigenvalue weighted by molar-refractivity contribution is 7.89. The van der Waals surface area contributed by atoms with Crippen LogP contribution in [-0.2, 0) is 30.7 Å². The number of nitrogens with one attached hydrogen (secondary N) is 2. The van der Waals surface area contributed by atoms with Gasteiger partial charge < -0.3 is 24.8 Å². The van der Waals surface area contributed by atoms with Gasteiger partial charge in [-0.05, 0) is 48.7 Å². The maximum atomic E-state index is 13.0. The fourth-order valence-corrected chi connectivity index (χ4v) is 5.27. The van der Waals surface area contributed by atoms with Crippen LogP contribution in [-0.4, -0.2) is 78.2 Å². The second-order valence-corrected chi connectivity index (χ2v) is 10.1. The molecule has 1 fully saturated rings. The molecule has 2 aromatic carbocycles. The molecule has 0 radical (unpaired) electrons. The summed E-state index contributed by atoms with van der Waals surface area (Å²) in [5.74, 6) is -0.0950. The smallest absolute Gasteiger partial charge is 0.253 e. The number of carbonyl (C=O) groups excluding carboxylic acids is 2. The van der Waals surface area contributed by atoms with E-state index in [9.17, 15) is 18.0 Å². The van der Waals surface area contributed by atoms with Crippen LogP contribution in [0.1, 0.15) is 28.8 Å². The van der Waals surface area contributed by atoms with Gasteiger partial charge in [0.25, 0.3) is 5.91 Å². The van der Waals surface area contributed by atoms with Crippen molar-refractivity contribution in [2.24, 2.45) is 0 Å². The van der Waals surface area contributed by atoms with E-state index < -0.39 is 10.0 Å². The van der Waals surface area contributed by atoms with Crippen molar-refractivity contribution in [2.45, 2.75) is 24.2 Å². The lowest BCUT2D eigenvalue weighted by atomic mass is 10.1. The van der Waals surface area contributed by atoms with Gasteiger partial charge in [0.1, 0.15) is 5.75 Å². The van der Waals surface area contributed by atoms with Gasteiger partial charge in [-0.3, -0.25) is 9.59 Å². The zero-order chi connectivity index (χ0) is 26.0. The zero-order valence-corrected chi connectivity index (χ0v) is 21.4. The minimum atomic E-state index is -3.68. The van der Waals surface area contributed by atoms with Crippen LogP contribution in [0.25, 0.3) is 0 Å². The van der Waals surface area contributed by atoms with Gasteiger partial charge >= 0.3 is 0 Å². The number of sulfonamides is 1. The predicted molar refractivity (Wildman–Crippen MR) is 135 cm³/mol. The lowest BCUT2D eigenvalue weighted by Gasteiger charge is -2.26. The molecule has 2 aromatic rings. The fraction of sp³-hybridized carbons (Fsp3) is 0.440. The van der Waals surface area contributed by atoms with Crippen LogP contribution in [0.5, 0.6) is 5.75 Å². The van der Waals surface area contributed by atoms with Crippen LogP contribution in [0.15, 0.2) is 47.4 Å². The molecule has 36 heavy (non-hydrogen) atoms. The van der Waals surface area contributed by atoms with Gasteiger partial charge in [-0.1, -0.05) is 12.1 Å². The van der Waals surface area contributed by atoms with Gasteiger partial charge in [-0.15, -0.1) is 0 Å². The molecular weight excluding hydrogens is 486 g/mol. The van der Waals surface area contributed by atoms with E-state index in [1.165, 1.54) is 17.5 Å². The molecular formula is C25H33N3O7S. The van der Waals surface area contributed by atoms with E-state index in [1.54, 1.807) is 43.5 Å². The second kappa shape index (κ2) is 13.4. The predicted octanol–water partition coefficient (Wildman–Crippen LogP) is 2.05. The quantitative estimate of drug-likeness (QED) is 0.412. The molecule has 0 bridgehead atoms. The molecule has 0 spiro atoms. The summed E-state index contributed by atoms with van der Waals surface area (Å²) in [5.41, 5.74) is 1.37. The summed E-state index contributed by atoms with van der Waals surface area (Å²) in [4.78, 5) is 25.4. The molecule has 0 aromatic heterocycles. The molecule has 0 atom stereocenters. The fourth-order valence-electron chi connectivity index (χ4n) is 3.81. The Hall–Kier alpha value is -2.99. The summed E-state index contributed by atoms with van der Waals surface area (Å²) >= 11 is 0. The van der Waals surface area contributed by atoms with E-state index in [2.05, 4.69) is 10.6 Å². The number of hydrogen-bond acceptors (Lipinski definition) is 7. The largest absolute Gasteiger partial charge is 0.496 e. The molecule has 1 heterocycles. The lowest BCUT2D eigenvalue weighted by Crippen LogP contribution is -2.40. The van der Waals surface area contributed by atoms with Gasteiger partial charge in [0.05, 0.1) is 36.5 Å². The Morgan fingerprint density at radius 1 is 1.08 bits per heavy atom. The molecule has 0 unspecified atom stereocenters. The van der Waals surface area contributed by atoms with Gasteiger partial charge in [0.2, 0.25) is 15.9 Å². The number of methoxy groups -OCH3 is 2. The van der Waals surface area contributed by atoms with E-state index in [0.717, 1.165) is 0 Å². The topological polar surface area (TPSA) is 123 Å². The number of carbonyl (C=O) groups is 2. The van der Waals surface area contributed by atoms with Crippen molar-refractivity contribution in [3.05, 3.63) is 53.6 Å². The number of amides is 2. The summed E-state index contributed by atoms with van der Waals surface area (Å²) in [6.07, 6.45) is 1.01. The molecule has 0 aliphatic carbocycles.